The van der Waals surface area contributed by atoms with Crippen LogP contribution in [0.5, 0.6) is 0 Å². The zero-order valence-corrected chi connectivity index (χ0v) is 14.4. The minimum Gasteiger partial charge on any atom is -0.332 e. The van der Waals surface area contributed by atoms with Gasteiger partial charge in [0.2, 0.25) is 5.91 Å². The van der Waals surface area contributed by atoms with E-state index in [1.54, 1.807) is 11.6 Å². The van der Waals surface area contributed by atoms with Crippen LogP contribution in [0, 0.1) is 0 Å². The first kappa shape index (κ1) is 18.2. The topological polar surface area (TPSA) is 94.2 Å². The van der Waals surface area contributed by atoms with Gasteiger partial charge in [-0.25, -0.2) is 9.78 Å². The van der Waals surface area contributed by atoms with Crippen molar-refractivity contribution in [2.75, 3.05) is 25.5 Å². The Hall–Kier alpha value is -2.63. The fourth-order valence-electron chi connectivity index (χ4n) is 2.69. The van der Waals surface area contributed by atoms with Crippen molar-refractivity contribution in [1.29, 1.82) is 0 Å². The van der Waals surface area contributed by atoms with Gasteiger partial charge in [0, 0.05) is 25.2 Å². The van der Waals surface area contributed by atoms with Gasteiger partial charge in [-0.05, 0) is 6.42 Å². The van der Waals surface area contributed by atoms with Crippen molar-refractivity contribution in [1.82, 2.24) is 25.0 Å². The van der Waals surface area contributed by atoms with Crippen molar-refractivity contribution in [3.63, 3.8) is 0 Å². The summed E-state index contributed by atoms with van der Waals surface area (Å²) in [6, 6.07) is -1.55. The number of thiazole rings is 1. The Kier molecular flexibility index (Phi) is 4.85. The van der Waals surface area contributed by atoms with E-state index >= 15 is 0 Å². The molecule has 3 rings (SSSR count). The Morgan fingerprint density at radius 3 is 2.96 bits per heavy atom. The zero-order valence-electron chi connectivity index (χ0n) is 13.6. The Morgan fingerprint density at radius 2 is 2.31 bits per heavy atom. The van der Waals surface area contributed by atoms with E-state index in [0.29, 0.717) is 21.3 Å². The fourth-order valence-corrected chi connectivity index (χ4v) is 3.34. The average Bonchev–Trinajstić information content (AvgIpc) is 3.27. The van der Waals surface area contributed by atoms with Gasteiger partial charge >= 0.3 is 12.2 Å². The highest BCUT2D eigenvalue weighted by molar-refractivity contribution is 7.13. The first-order valence-corrected chi connectivity index (χ1v) is 8.47. The van der Waals surface area contributed by atoms with Crippen LogP contribution in [0.3, 0.4) is 0 Å². The van der Waals surface area contributed by atoms with Crippen LogP contribution in [0.25, 0.3) is 10.7 Å². The Labute approximate surface area is 150 Å². The number of carbonyl (C=O) groups is 2. The SMILES string of the molecule is CN(C(=O)Nc1cn[nH]c1-c1nccs1)C1CCN(CC(F)(F)F)C1=O. The number of likely N-dealkylation sites (N-methyl/N-ethyl adjacent to an activating group) is 1. The highest BCUT2D eigenvalue weighted by atomic mass is 32.1. The zero-order chi connectivity index (χ0) is 18.9. The number of nitrogens with one attached hydrogen (secondary N) is 2. The van der Waals surface area contributed by atoms with E-state index in [-0.39, 0.29) is 13.0 Å². The van der Waals surface area contributed by atoms with Crippen LogP contribution in [-0.2, 0) is 4.79 Å². The number of hydrogen-bond acceptors (Lipinski definition) is 5. The van der Waals surface area contributed by atoms with Gasteiger partial charge in [-0.15, -0.1) is 11.3 Å². The molecule has 26 heavy (non-hydrogen) atoms. The van der Waals surface area contributed by atoms with Crippen LogP contribution in [0.4, 0.5) is 23.7 Å². The molecule has 1 aliphatic rings. The van der Waals surface area contributed by atoms with E-state index in [1.165, 1.54) is 24.6 Å². The van der Waals surface area contributed by atoms with Crippen molar-refractivity contribution in [3.05, 3.63) is 17.8 Å². The van der Waals surface area contributed by atoms with Crippen LogP contribution in [0.2, 0.25) is 0 Å². The summed E-state index contributed by atoms with van der Waals surface area (Å²) in [5, 5.41) is 11.6. The normalized spacial score (nSPS) is 17.6. The molecule has 1 fully saturated rings. The number of hydrogen-bond donors (Lipinski definition) is 2. The molecule has 2 N–H and O–H groups in total. The molecule has 1 aliphatic heterocycles. The van der Waals surface area contributed by atoms with Crippen LogP contribution in [0.1, 0.15) is 6.42 Å². The lowest BCUT2D eigenvalue weighted by Gasteiger charge is -2.24. The van der Waals surface area contributed by atoms with E-state index in [9.17, 15) is 22.8 Å². The number of amides is 3. The number of urea groups is 1. The fraction of sp³-hybridized carbons (Fsp3) is 0.429. The molecule has 12 heteroatoms. The second-order valence-corrected chi connectivity index (χ2v) is 6.61. The molecule has 0 aromatic carbocycles. The Balaban J connectivity index is 1.66. The Morgan fingerprint density at radius 1 is 1.54 bits per heavy atom. The van der Waals surface area contributed by atoms with Crippen LogP contribution in [-0.4, -0.2) is 69.3 Å². The summed E-state index contributed by atoms with van der Waals surface area (Å²) in [5.41, 5.74) is 0.882. The molecule has 0 spiro atoms. The highest BCUT2D eigenvalue weighted by Gasteiger charge is 2.41. The number of anilines is 1. The summed E-state index contributed by atoms with van der Waals surface area (Å²) >= 11 is 1.35. The highest BCUT2D eigenvalue weighted by Crippen LogP contribution is 2.28. The van der Waals surface area contributed by atoms with Crippen molar-refractivity contribution >= 4 is 29.0 Å². The molecule has 2 aromatic rings. The number of halogens is 3. The second kappa shape index (κ2) is 6.94. The third kappa shape index (κ3) is 3.79. The quantitative estimate of drug-likeness (QED) is 0.839. The number of likely N-dealkylation sites (tertiary alicyclic amines) is 1. The first-order valence-electron chi connectivity index (χ1n) is 7.59. The maximum atomic E-state index is 12.5. The molecule has 140 valence electrons. The molecule has 0 radical (unpaired) electrons. The molecular formula is C14H15F3N6O2S. The predicted molar refractivity (Wildman–Crippen MR) is 87.5 cm³/mol. The van der Waals surface area contributed by atoms with Gasteiger partial charge in [0.1, 0.15) is 23.3 Å². The maximum absolute atomic E-state index is 12.5. The van der Waals surface area contributed by atoms with Gasteiger partial charge < -0.3 is 15.1 Å². The van der Waals surface area contributed by atoms with Crippen LogP contribution >= 0.6 is 11.3 Å². The summed E-state index contributed by atoms with van der Waals surface area (Å²) in [6.45, 7) is -1.36. The number of aromatic amines is 1. The van der Waals surface area contributed by atoms with Gasteiger partial charge in [-0.1, -0.05) is 0 Å². The smallest absolute Gasteiger partial charge is 0.332 e. The number of H-pyrrole nitrogens is 1. The third-order valence-corrected chi connectivity index (χ3v) is 4.74. The minimum atomic E-state index is -4.47. The van der Waals surface area contributed by atoms with Gasteiger partial charge in [0.25, 0.3) is 0 Å². The lowest BCUT2D eigenvalue weighted by molar-refractivity contribution is -0.158. The van der Waals surface area contributed by atoms with Crippen LogP contribution in [0.15, 0.2) is 17.8 Å². The van der Waals surface area contributed by atoms with Gasteiger partial charge in [0.05, 0.1) is 11.9 Å². The lowest BCUT2D eigenvalue weighted by atomic mass is 10.2. The van der Waals surface area contributed by atoms with Crippen molar-refractivity contribution < 1.29 is 22.8 Å². The van der Waals surface area contributed by atoms with E-state index in [1.807, 2.05) is 0 Å². The summed E-state index contributed by atoms with van der Waals surface area (Å²) < 4.78 is 37.5. The molecule has 1 unspecified atom stereocenters. The molecule has 3 heterocycles. The summed E-state index contributed by atoms with van der Waals surface area (Å²) in [6.07, 6.45) is -1.33. The van der Waals surface area contributed by atoms with E-state index < -0.39 is 30.7 Å². The Bertz CT molecular complexity index is 791. The lowest BCUT2D eigenvalue weighted by Crippen LogP contribution is -2.46. The molecular weight excluding hydrogens is 373 g/mol. The molecule has 1 atom stereocenters. The molecule has 0 bridgehead atoms. The average molecular weight is 388 g/mol. The van der Waals surface area contributed by atoms with E-state index in [4.69, 9.17) is 0 Å². The number of rotatable bonds is 4. The van der Waals surface area contributed by atoms with E-state index in [0.717, 1.165) is 4.90 Å². The molecule has 2 aromatic heterocycles. The number of carbonyl (C=O) groups excluding carboxylic acids is 2. The monoisotopic (exact) mass is 388 g/mol. The van der Waals surface area contributed by atoms with Crippen molar-refractivity contribution in [2.24, 2.45) is 0 Å². The predicted octanol–water partition coefficient (Wildman–Crippen LogP) is 2.16. The van der Waals surface area contributed by atoms with Crippen molar-refractivity contribution in [2.45, 2.75) is 18.6 Å². The molecule has 0 saturated carbocycles. The first-order chi connectivity index (χ1) is 12.3. The minimum absolute atomic E-state index is 0.0449. The standard InChI is InChI=1S/C14H15F3N6O2S/c1-22(9-2-4-23(12(9)24)7-14(15,16)17)13(25)20-8-6-19-21-10(8)11-18-3-5-26-11/h3,5-6,9H,2,4,7H2,1H3,(H,19,21)(H,20,25). The molecule has 8 nitrogen and oxygen atoms in total. The van der Waals surface area contributed by atoms with E-state index in [2.05, 4.69) is 20.5 Å². The summed E-state index contributed by atoms with van der Waals surface area (Å²) in [4.78, 5) is 30.5. The van der Waals surface area contributed by atoms with Gasteiger partial charge in [-0.3, -0.25) is 9.89 Å². The third-order valence-electron chi connectivity index (χ3n) is 3.95. The van der Waals surface area contributed by atoms with Gasteiger partial charge in [-0.2, -0.15) is 18.3 Å². The van der Waals surface area contributed by atoms with Gasteiger partial charge in [0.15, 0.2) is 0 Å². The van der Waals surface area contributed by atoms with Crippen molar-refractivity contribution in [3.8, 4) is 10.7 Å². The maximum Gasteiger partial charge on any atom is 0.406 e. The summed E-state index contributed by atoms with van der Waals surface area (Å²) in [7, 11) is 1.37. The molecule has 3 amide bonds. The second-order valence-electron chi connectivity index (χ2n) is 5.72. The summed E-state index contributed by atoms with van der Waals surface area (Å²) in [5.74, 6) is -0.715. The number of aromatic nitrogens is 3. The molecule has 1 saturated heterocycles. The number of nitrogens with zero attached hydrogens (tertiary/aromatic N) is 4. The van der Waals surface area contributed by atoms with Crippen LogP contribution < -0.4 is 5.32 Å². The largest absolute Gasteiger partial charge is 0.406 e. The molecule has 0 aliphatic carbocycles. The number of alkyl halides is 3.